The molecule has 1 aromatic carbocycles. The maximum atomic E-state index is 8.77. The Morgan fingerprint density at radius 2 is 2.19 bits per heavy atom. The SMILES string of the molecule is CNc1ccccc1-c1nc(CCO)no1. The summed E-state index contributed by atoms with van der Waals surface area (Å²) in [5.41, 5.74) is 1.79. The lowest BCUT2D eigenvalue weighted by Gasteiger charge is -2.03. The highest BCUT2D eigenvalue weighted by atomic mass is 16.5. The van der Waals surface area contributed by atoms with Gasteiger partial charge in [-0.25, -0.2) is 0 Å². The third-order valence-electron chi connectivity index (χ3n) is 2.23. The van der Waals surface area contributed by atoms with E-state index in [0.717, 1.165) is 11.3 Å². The van der Waals surface area contributed by atoms with Crippen molar-refractivity contribution in [1.82, 2.24) is 10.1 Å². The third kappa shape index (κ3) is 2.04. The average molecular weight is 219 g/mol. The Balaban J connectivity index is 2.34. The molecular formula is C11H13N3O2. The van der Waals surface area contributed by atoms with E-state index in [9.17, 15) is 0 Å². The van der Waals surface area contributed by atoms with E-state index in [2.05, 4.69) is 15.5 Å². The molecule has 2 aromatic rings. The van der Waals surface area contributed by atoms with Crippen LogP contribution in [-0.4, -0.2) is 28.9 Å². The van der Waals surface area contributed by atoms with Crippen LogP contribution in [0.15, 0.2) is 28.8 Å². The van der Waals surface area contributed by atoms with Crippen LogP contribution in [0.3, 0.4) is 0 Å². The highest BCUT2D eigenvalue weighted by Gasteiger charge is 2.11. The van der Waals surface area contributed by atoms with Gasteiger partial charge < -0.3 is 14.9 Å². The van der Waals surface area contributed by atoms with Gasteiger partial charge in [0, 0.05) is 19.2 Å². The van der Waals surface area contributed by atoms with Gasteiger partial charge in [0.05, 0.1) is 12.2 Å². The molecule has 5 nitrogen and oxygen atoms in total. The fourth-order valence-corrected chi connectivity index (χ4v) is 1.45. The number of para-hydroxylation sites is 1. The van der Waals surface area contributed by atoms with E-state index in [0.29, 0.717) is 18.1 Å². The molecule has 16 heavy (non-hydrogen) atoms. The third-order valence-corrected chi connectivity index (χ3v) is 2.23. The van der Waals surface area contributed by atoms with Crippen LogP contribution in [0.5, 0.6) is 0 Å². The number of rotatable bonds is 4. The predicted molar refractivity (Wildman–Crippen MR) is 60.1 cm³/mol. The highest BCUT2D eigenvalue weighted by molar-refractivity contribution is 5.71. The number of benzene rings is 1. The normalized spacial score (nSPS) is 10.4. The van der Waals surface area contributed by atoms with Crippen molar-refractivity contribution in [2.75, 3.05) is 19.0 Å². The summed E-state index contributed by atoms with van der Waals surface area (Å²) in [5, 5.41) is 15.6. The quantitative estimate of drug-likeness (QED) is 0.811. The van der Waals surface area contributed by atoms with E-state index in [1.54, 1.807) is 0 Å². The van der Waals surface area contributed by atoms with E-state index in [-0.39, 0.29) is 6.61 Å². The van der Waals surface area contributed by atoms with Gasteiger partial charge in [0.1, 0.15) is 0 Å². The molecule has 84 valence electrons. The van der Waals surface area contributed by atoms with Crippen LogP contribution in [0.2, 0.25) is 0 Å². The molecule has 1 aromatic heterocycles. The Morgan fingerprint density at radius 3 is 2.94 bits per heavy atom. The van der Waals surface area contributed by atoms with Gasteiger partial charge >= 0.3 is 0 Å². The van der Waals surface area contributed by atoms with Crippen LogP contribution in [0, 0.1) is 0 Å². The molecule has 0 aliphatic rings. The van der Waals surface area contributed by atoms with Gasteiger partial charge in [-0.2, -0.15) is 4.98 Å². The molecule has 0 amide bonds. The molecular weight excluding hydrogens is 206 g/mol. The van der Waals surface area contributed by atoms with Crippen LogP contribution in [0.1, 0.15) is 5.82 Å². The van der Waals surface area contributed by atoms with Crippen molar-refractivity contribution >= 4 is 5.69 Å². The topological polar surface area (TPSA) is 71.2 Å². The van der Waals surface area contributed by atoms with Gasteiger partial charge in [0.25, 0.3) is 5.89 Å². The first-order valence-electron chi connectivity index (χ1n) is 5.05. The molecule has 0 saturated carbocycles. The van der Waals surface area contributed by atoms with E-state index >= 15 is 0 Å². The van der Waals surface area contributed by atoms with Crippen LogP contribution in [-0.2, 0) is 6.42 Å². The fraction of sp³-hybridized carbons (Fsp3) is 0.273. The highest BCUT2D eigenvalue weighted by Crippen LogP contribution is 2.25. The van der Waals surface area contributed by atoms with Crippen molar-refractivity contribution in [3.63, 3.8) is 0 Å². The summed E-state index contributed by atoms with van der Waals surface area (Å²) in [4.78, 5) is 4.20. The number of aromatic nitrogens is 2. The smallest absolute Gasteiger partial charge is 0.260 e. The molecule has 0 unspecified atom stereocenters. The monoisotopic (exact) mass is 219 g/mol. The summed E-state index contributed by atoms with van der Waals surface area (Å²) in [6.45, 7) is 0.0205. The van der Waals surface area contributed by atoms with Crippen LogP contribution in [0.25, 0.3) is 11.5 Å². The van der Waals surface area contributed by atoms with Crippen molar-refractivity contribution < 1.29 is 9.63 Å². The Kier molecular flexibility index (Phi) is 3.16. The molecule has 2 N–H and O–H groups in total. The first kappa shape index (κ1) is 10.6. The van der Waals surface area contributed by atoms with Crippen molar-refractivity contribution in [2.45, 2.75) is 6.42 Å². The summed E-state index contributed by atoms with van der Waals surface area (Å²) in [7, 11) is 1.84. The molecule has 0 saturated heterocycles. The minimum Gasteiger partial charge on any atom is -0.396 e. The second-order valence-corrected chi connectivity index (χ2v) is 3.28. The molecule has 0 aliphatic carbocycles. The summed E-state index contributed by atoms with van der Waals surface area (Å²) >= 11 is 0. The van der Waals surface area contributed by atoms with Gasteiger partial charge in [-0.15, -0.1) is 0 Å². The molecule has 0 bridgehead atoms. The fourth-order valence-electron chi connectivity index (χ4n) is 1.45. The second kappa shape index (κ2) is 4.76. The van der Waals surface area contributed by atoms with Gasteiger partial charge in [-0.1, -0.05) is 17.3 Å². The minimum atomic E-state index is 0.0205. The lowest BCUT2D eigenvalue weighted by atomic mass is 10.2. The zero-order valence-corrected chi connectivity index (χ0v) is 8.97. The molecule has 0 atom stereocenters. The zero-order chi connectivity index (χ0) is 11.4. The van der Waals surface area contributed by atoms with Gasteiger partial charge in [0.2, 0.25) is 0 Å². The summed E-state index contributed by atoms with van der Waals surface area (Å²) in [6.07, 6.45) is 0.408. The molecule has 0 aliphatic heterocycles. The molecule has 2 rings (SSSR count). The first-order chi connectivity index (χ1) is 7.85. The maximum absolute atomic E-state index is 8.77. The lowest BCUT2D eigenvalue weighted by molar-refractivity contribution is 0.293. The summed E-state index contributed by atoms with van der Waals surface area (Å²) in [5.74, 6) is 0.983. The second-order valence-electron chi connectivity index (χ2n) is 3.28. The number of nitrogens with zero attached hydrogens (tertiary/aromatic N) is 2. The summed E-state index contributed by atoms with van der Waals surface area (Å²) < 4.78 is 5.13. The van der Waals surface area contributed by atoms with E-state index < -0.39 is 0 Å². The van der Waals surface area contributed by atoms with Gasteiger partial charge in [-0.05, 0) is 12.1 Å². The molecule has 0 spiro atoms. The Morgan fingerprint density at radius 1 is 1.38 bits per heavy atom. The van der Waals surface area contributed by atoms with Crippen LogP contribution < -0.4 is 5.32 Å². The van der Waals surface area contributed by atoms with E-state index in [4.69, 9.17) is 9.63 Å². The minimum absolute atomic E-state index is 0.0205. The summed E-state index contributed by atoms with van der Waals surface area (Å²) in [6, 6.07) is 7.68. The molecule has 0 fully saturated rings. The number of nitrogens with one attached hydrogen (secondary N) is 1. The Hall–Kier alpha value is -1.88. The Bertz CT molecular complexity index is 468. The lowest BCUT2D eigenvalue weighted by Crippen LogP contribution is -1.93. The van der Waals surface area contributed by atoms with Gasteiger partial charge in [-0.3, -0.25) is 0 Å². The number of aliphatic hydroxyl groups excluding tert-OH is 1. The molecule has 5 heteroatoms. The van der Waals surface area contributed by atoms with Crippen molar-refractivity contribution in [1.29, 1.82) is 0 Å². The van der Waals surface area contributed by atoms with Crippen molar-refractivity contribution in [2.24, 2.45) is 0 Å². The number of hydrogen-bond acceptors (Lipinski definition) is 5. The maximum Gasteiger partial charge on any atom is 0.260 e. The molecule has 0 radical (unpaired) electrons. The van der Waals surface area contributed by atoms with Crippen molar-refractivity contribution in [3.05, 3.63) is 30.1 Å². The number of anilines is 1. The Labute approximate surface area is 93.1 Å². The van der Waals surface area contributed by atoms with Crippen LogP contribution >= 0.6 is 0 Å². The standard InChI is InChI=1S/C11H13N3O2/c1-12-9-5-3-2-4-8(9)11-13-10(6-7-15)14-16-11/h2-5,12,15H,6-7H2,1H3. The average Bonchev–Trinajstić information content (AvgIpc) is 2.78. The van der Waals surface area contributed by atoms with Gasteiger partial charge in [0.15, 0.2) is 5.82 Å². The van der Waals surface area contributed by atoms with Crippen LogP contribution in [0.4, 0.5) is 5.69 Å². The zero-order valence-electron chi connectivity index (χ0n) is 8.97. The first-order valence-corrected chi connectivity index (χ1v) is 5.05. The predicted octanol–water partition coefficient (Wildman–Crippen LogP) is 1.31. The molecule has 1 heterocycles. The largest absolute Gasteiger partial charge is 0.396 e. The number of hydrogen-bond donors (Lipinski definition) is 2. The number of aliphatic hydroxyl groups is 1. The van der Waals surface area contributed by atoms with Crippen molar-refractivity contribution in [3.8, 4) is 11.5 Å². The van der Waals surface area contributed by atoms with E-state index in [1.807, 2.05) is 31.3 Å². The van der Waals surface area contributed by atoms with E-state index in [1.165, 1.54) is 0 Å².